The highest BCUT2D eigenvalue weighted by Gasteiger charge is 2.03. The molecule has 78 valence electrons. The predicted octanol–water partition coefficient (Wildman–Crippen LogP) is 3.00. The number of aromatic nitrogens is 3. The molecular weight excluding hydrogens is 313 g/mol. The minimum atomic E-state index is 0.879. The fourth-order valence-electron chi connectivity index (χ4n) is 1.61. The molecule has 0 aliphatic carbocycles. The van der Waals surface area contributed by atoms with E-state index in [2.05, 4.69) is 44.8 Å². The summed E-state index contributed by atoms with van der Waals surface area (Å²) in [4.78, 5) is 4.25. The van der Waals surface area contributed by atoms with Crippen molar-refractivity contribution in [3.63, 3.8) is 0 Å². The average Bonchev–Trinajstić information content (AvgIpc) is 2.72. The van der Waals surface area contributed by atoms with Gasteiger partial charge in [-0.15, -0.1) is 0 Å². The first-order chi connectivity index (χ1) is 7.84. The summed E-state index contributed by atoms with van der Waals surface area (Å²) in [5.74, 6) is 0. The van der Waals surface area contributed by atoms with Crippen LogP contribution in [-0.2, 0) is 0 Å². The molecule has 3 aromatic rings. The Hall–Kier alpha value is -1.43. The van der Waals surface area contributed by atoms with E-state index in [0.29, 0.717) is 0 Å². The molecule has 2 aromatic heterocycles. The van der Waals surface area contributed by atoms with Crippen molar-refractivity contribution >= 4 is 28.2 Å². The van der Waals surface area contributed by atoms with E-state index < -0.39 is 0 Å². The fraction of sp³-hybridized carbons (Fsp3) is 0. The fourth-order valence-corrected chi connectivity index (χ4v) is 2.10. The van der Waals surface area contributed by atoms with Crippen LogP contribution in [0.1, 0.15) is 0 Å². The molecule has 4 heteroatoms. The quantitative estimate of drug-likeness (QED) is 0.645. The van der Waals surface area contributed by atoms with Crippen LogP contribution in [0.15, 0.2) is 48.7 Å². The van der Waals surface area contributed by atoms with E-state index in [-0.39, 0.29) is 0 Å². The van der Waals surface area contributed by atoms with Crippen LogP contribution < -0.4 is 0 Å². The smallest absolute Gasteiger partial charge is 0.154 e. The summed E-state index contributed by atoms with van der Waals surface area (Å²) in [6, 6.07) is 14.1. The third kappa shape index (κ3) is 1.59. The minimum Gasteiger partial charge on any atom is -0.234 e. The molecular formula is C12H8IN3. The summed E-state index contributed by atoms with van der Waals surface area (Å²) in [5, 5.41) is 4.55. The number of fused-ring (bicyclic) bond motifs is 1. The van der Waals surface area contributed by atoms with Gasteiger partial charge in [-0.3, -0.25) is 0 Å². The molecule has 0 amide bonds. The van der Waals surface area contributed by atoms with E-state index in [0.717, 1.165) is 20.6 Å². The molecule has 3 rings (SSSR count). The Bertz CT molecular complexity index is 631. The zero-order valence-corrected chi connectivity index (χ0v) is 10.5. The van der Waals surface area contributed by atoms with Gasteiger partial charge in [0.05, 0.1) is 11.9 Å². The van der Waals surface area contributed by atoms with Crippen molar-refractivity contribution < 1.29 is 0 Å². The van der Waals surface area contributed by atoms with Crippen LogP contribution in [0.4, 0.5) is 0 Å². The lowest BCUT2D eigenvalue weighted by molar-refractivity contribution is 0.920. The number of hydrogen-bond donors (Lipinski definition) is 0. The van der Waals surface area contributed by atoms with Crippen LogP contribution in [0.25, 0.3) is 16.9 Å². The lowest BCUT2D eigenvalue weighted by Crippen LogP contribution is -1.95. The number of imidazole rings is 1. The second-order valence-electron chi connectivity index (χ2n) is 3.44. The van der Waals surface area contributed by atoms with Crippen molar-refractivity contribution in [1.29, 1.82) is 0 Å². The molecule has 0 aliphatic heterocycles. The Morgan fingerprint density at radius 3 is 2.62 bits per heavy atom. The maximum atomic E-state index is 4.55. The zero-order chi connectivity index (χ0) is 11.0. The second-order valence-corrected chi connectivity index (χ2v) is 4.54. The van der Waals surface area contributed by atoms with E-state index >= 15 is 0 Å². The number of rotatable bonds is 1. The molecule has 0 saturated carbocycles. The van der Waals surface area contributed by atoms with E-state index in [1.807, 2.05) is 41.0 Å². The van der Waals surface area contributed by atoms with Crippen LogP contribution >= 0.6 is 22.6 Å². The van der Waals surface area contributed by atoms with Crippen molar-refractivity contribution in [1.82, 2.24) is 14.6 Å². The first kappa shape index (κ1) is 9.77. The van der Waals surface area contributed by atoms with Gasteiger partial charge in [-0.05, 0) is 34.7 Å². The lowest BCUT2D eigenvalue weighted by atomic mass is 10.1. The minimum absolute atomic E-state index is 0.879. The van der Waals surface area contributed by atoms with E-state index in [4.69, 9.17) is 0 Å². The van der Waals surface area contributed by atoms with Crippen LogP contribution in [-0.4, -0.2) is 14.6 Å². The van der Waals surface area contributed by atoms with Gasteiger partial charge < -0.3 is 0 Å². The average molecular weight is 321 g/mol. The van der Waals surface area contributed by atoms with E-state index in [9.17, 15) is 0 Å². The van der Waals surface area contributed by atoms with Gasteiger partial charge in [-0.2, -0.15) is 5.10 Å². The molecule has 0 radical (unpaired) electrons. The molecule has 0 unspecified atom stereocenters. The number of hydrogen-bond acceptors (Lipinski definition) is 2. The van der Waals surface area contributed by atoms with Crippen LogP contribution in [0, 0.1) is 3.70 Å². The Balaban J connectivity index is 2.22. The summed E-state index contributed by atoms with van der Waals surface area (Å²) in [7, 11) is 0. The van der Waals surface area contributed by atoms with Crippen molar-refractivity contribution in [2.45, 2.75) is 0 Å². The van der Waals surface area contributed by atoms with E-state index in [1.54, 1.807) is 0 Å². The molecule has 3 nitrogen and oxygen atoms in total. The maximum Gasteiger partial charge on any atom is 0.154 e. The number of nitrogens with zero attached hydrogens (tertiary/aromatic N) is 3. The highest BCUT2D eigenvalue weighted by atomic mass is 127. The van der Waals surface area contributed by atoms with Gasteiger partial charge in [0.2, 0.25) is 0 Å². The molecule has 2 heterocycles. The SMILES string of the molecule is Ic1cnc2ccc(-c3ccccc3)nn12. The summed E-state index contributed by atoms with van der Waals surface area (Å²) >= 11 is 2.23. The predicted molar refractivity (Wildman–Crippen MR) is 71.1 cm³/mol. The second kappa shape index (κ2) is 3.86. The molecule has 0 saturated heterocycles. The molecule has 0 fully saturated rings. The van der Waals surface area contributed by atoms with Crippen molar-refractivity contribution in [3.05, 3.63) is 52.4 Å². The van der Waals surface area contributed by atoms with Crippen LogP contribution in [0.5, 0.6) is 0 Å². The molecule has 0 aliphatic rings. The maximum absolute atomic E-state index is 4.55. The normalized spacial score (nSPS) is 10.8. The monoisotopic (exact) mass is 321 g/mol. The van der Waals surface area contributed by atoms with Gasteiger partial charge in [-0.1, -0.05) is 30.3 Å². The van der Waals surface area contributed by atoms with Gasteiger partial charge in [0.25, 0.3) is 0 Å². The Morgan fingerprint density at radius 2 is 1.81 bits per heavy atom. The zero-order valence-electron chi connectivity index (χ0n) is 8.34. The summed E-state index contributed by atoms with van der Waals surface area (Å²) < 4.78 is 2.87. The molecule has 16 heavy (non-hydrogen) atoms. The Kier molecular flexibility index (Phi) is 2.36. The van der Waals surface area contributed by atoms with Gasteiger partial charge in [-0.25, -0.2) is 9.50 Å². The highest BCUT2D eigenvalue weighted by molar-refractivity contribution is 14.1. The first-order valence-electron chi connectivity index (χ1n) is 4.90. The third-order valence-electron chi connectivity index (χ3n) is 2.39. The Labute approximate surface area is 106 Å². The van der Waals surface area contributed by atoms with Crippen molar-refractivity contribution in [3.8, 4) is 11.3 Å². The largest absolute Gasteiger partial charge is 0.234 e. The third-order valence-corrected chi connectivity index (χ3v) is 3.13. The lowest BCUT2D eigenvalue weighted by Gasteiger charge is -2.01. The standard InChI is InChI=1S/C12H8IN3/c13-11-8-14-12-7-6-10(15-16(11)12)9-4-2-1-3-5-9/h1-8H. The van der Waals surface area contributed by atoms with Gasteiger partial charge in [0.1, 0.15) is 3.70 Å². The summed E-state index contributed by atoms with van der Waals surface area (Å²) in [5.41, 5.74) is 2.96. The van der Waals surface area contributed by atoms with Crippen molar-refractivity contribution in [2.24, 2.45) is 0 Å². The molecule has 0 bridgehead atoms. The molecule has 0 spiro atoms. The van der Waals surface area contributed by atoms with Crippen molar-refractivity contribution in [2.75, 3.05) is 0 Å². The van der Waals surface area contributed by atoms with E-state index in [1.165, 1.54) is 0 Å². The summed E-state index contributed by atoms with van der Waals surface area (Å²) in [6.07, 6.45) is 1.82. The highest BCUT2D eigenvalue weighted by Crippen LogP contribution is 2.17. The van der Waals surface area contributed by atoms with Gasteiger partial charge in [0, 0.05) is 5.56 Å². The number of benzene rings is 1. The first-order valence-corrected chi connectivity index (χ1v) is 5.98. The van der Waals surface area contributed by atoms with Gasteiger partial charge >= 0.3 is 0 Å². The molecule has 0 atom stereocenters. The summed E-state index contributed by atoms with van der Waals surface area (Å²) in [6.45, 7) is 0. The molecule has 0 N–H and O–H groups in total. The Morgan fingerprint density at radius 1 is 1.00 bits per heavy atom. The van der Waals surface area contributed by atoms with Gasteiger partial charge in [0.15, 0.2) is 5.65 Å². The topological polar surface area (TPSA) is 30.2 Å². The van der Waals surface area contributed by atoms with Crippen LogP contribution in [0.3, 0.4) is 0 Å². The van der Waals surface area contributed by atoms with Crippen LogP contribution in [0.2, 0.25) is 0 Å². The number of halogens is 1. The molecule has 1 aromatic carbocycles.